The molecule has 3 rings (SSSR count). The van der Waals surface area contributed by atoms with Crippen LogP contribution in [0.1, 0.15) is 12.5 Å². The number of carbonyl (C=O) groups excluding carboxylic acids is 1. The second kappa shape index (κ2) is 8.13. The number of benzene rings is 1. The Bertz CT molecular complexity index is 819. The zero-order valence-electron chi connectivity index (χ0n) is 15.6. The Morgan fingerprint density at radius 3 is 2.63 bits per heavy atom. The first kappa shape index (κ1) is 18.8. The van der Waals surface area contributed by atoms with E-state index in [4.69, 9.17) is 0 Å². The Hall–Kier alpha value is -3.00. The fourth-order valence-electron chi connectivity index (χ4n) is 3.38. The van der Waals surface area contributed by atoms with E-state index in [0.29, 0.717) is 11.3 Å². The second-order valence-electron chi connectivity index (χ2n) is 6.86. The number of rotatable bonds is 5. The van der Waals surface area contributed by atoms with Gasteiger partial charge in [0.25, 0.3) is 17.4 Å². The number of nitro groups is 1. The van der Waals surface area contributed by atoms with Gasteiger partial charge in [-0.3, -0.25) is 19.8 Å². The number of aryl methyl sites for hydroxylation is 1. The number of hydrogen-bond acceptors (Lipinski definition) is 4. The molecular weight excluding hydrogens is 346 g/mol. The Labute approximate surface area is 158 Å². The molecule has 0 bridgehead atoms. The largest absolute Gasteiger partial charge is 0.321 e. The summed E-state index contributed by atoms with van der Waals surface area (Å²) in [6.45, 7) is 7.19. The fraction of sp³-hybridized carbons (Fsp3) is 0.368. The van der Waals surface area contributed by atoms with Crippen molar-refractivity contribution in [2.45, 2.75) is 19.9 Å². The number of hydrogen-bond donors (Lipinski definition) is 2. The van der Waals surface area contributed by atoms with Crippen LogP contribution in [-0.4, -0.2) is 43.1 Å². The topological polar surface area (TPSA) is 94.1 Å². The predicted octanol–water partition coefficient (Wildman–Crippen LogP) is 0.449. The first-order valence-corrected chi connectivity index (χ1v) is 9.08. The van der Waals surface area contributed by atoms with Crippen molar-refractivity contribution < 1.29 is 19.6 Å². The van der Waals surface area contributed by atoms with Crippen molar-refractivity contribution in [3.63, 3.8) is 0 Å². The van der Waals surface area contributed by atoms with Gasteiger partial charge >= 0.3 is 0 Å². The number of aromatic amines is 1. The van der Waals surface area contributed by atoms with Crippen LogP contribution in [0.5, 0.6) is 0 Å². The van der Waals surface area contributed by atoms with Crippen molar-refractivity contribution in [1.29, 1.82) is 0 Å². The van der Waals surface area contributed by atoms with E-state index in [-0.39, 0.29) is 17.6 Å². The predicted molar refractivity (Wildman–Crippen MR) is 102 cm³/mol. The van der Waals surface area contributed by atoms with Crippen molar-refractivity contribution in [1.82, 2.24) is 0 Å². The van der Waals surface area contributed by atoms with E-state index >= 15 is 0 Å². The summed E-state index contributed by atoms with van der Waals surface area (Å²) in [5.74, 6) is 1.02. The number of piperazine rings is 1. The molecule has 1 saturated heterocycles. The maximum atomic E-state index is 12.6. The molecule has 0 saturated carbocycles. The lowest BCUT2D eigenvalue weighted by Crippen LogP contribution is -3.19. The number of aromatic nitrogens is 1. The van der Waals surface area contributed by atoms with Gasteiger partial charge in [-0.1, -0.05) is 6.07 Å². The molecule has 0 radical (unpaired) electrons. The van der Waals surface area contributed by atoms with Gasteiger partial charge in [0.15, 0.2) is 6.04 Å². The van der Waals surface area contributed by atoms with Gasteiger partial charge in [0.1, 0.15) is 26.2 Å². The van der Waals surface area contributed by atoms with Crippen LogP contribution in [0.3, 0.4) is 0 Å². The van der Waals surface area contributed by atoms with Crippen LogP contribution >= 0.6 is 0 Å². The van der Waals surface area contributed by atoms with E-state index in [2.05, 4.69) is 21.3 Å². The van der Waals surface area contributed by atoms with Crippen LogP contribution < -0.4 is 20.1 Å². The zero-order valence-corrected chi connectivity index (χ0v) is 15.6. The molecule has 1 fully saturated rings. The first-order valence-electron chi connectivity index (χ1n) is 9.08. The average molecular weight is 371 g/mol. The van der Waals surface area contributed by atoms with Gasteiger partial charge < -0.3 is 10.2 Å². The summed E-state index contributed by atoms with van der Waals surface area (Å²) in [5.41, 5.74) is 1.33. The molecule has 1 atom stereocenters. The molecule has 8 heteroatoms. The lowest BCUT2D eigenvalue weighted by atomic mass is 10.1. The maximum Gasteiger partial charge on any atom is 0.282 e. The summed E-state index contributed by atoms with van der Waals surface area (Å²) in [4.78, 5) is 29.8. The van der Waals surface area contributed by atoms with E-state index < -0.39 is 4.92 Å². The fourth-order valence-corrected chi connectivity index (χ4v) is 3.38. The van der Waals surface area contributed by atoms with Crippen LogP contribution in [0.15, 0.2) is 42.6 Å². The second-order valence-corrected chi connectivity index (χ2v) is 6.86. The molecule has 2 aromatic rings. The van der Waals surface area contributed by atoms with Crippen molar-refractivity contribution in [2.24, 2.45) is 0 Å². The Kier molecular flexibility index (Phi) is 5.66. The summed E-state index contributed by atoms with van der Waals surface area (Å²) in [6, 6.07) is 10.3. The Morgan fingerprint density at radius 2 is 2.04 bits per heavy atom. The van der Waals surface area contributed by atoms with Crippen LogP contribution in [0, 0.1) is 17.0 Å². The van der Waals surface area contributed by atoms with E-state index in [1.54, 1.807) is 13.0 Å². The first-order chi connectivity index (χ1) is 13.0. The quantitative estimate of drug-likeness (QED) is 0.589. The monoisotopic (exact) mass is 371 g/mol. The lowest BCUT2D eigenvalue weighted by Gasteiger charge is -2.31. The van der Waals surface area contributed by atoms with Gasteiger partial charge in [0, 0.05) is 23.9 Å². The molecule has 0 unspecified atom stereocenters. The number of carbonyl (C=O) groups is 1. The normalized spacial score (nSPS) is 16.0. The third-order valence-corrected chi connectivity index (χ3v) is 5.12. The van der Waals surface area contributed by atoms with Crippen LogP contribution in [0.4, 0.5) is 17.2 Å². The molecule has 1 amide bonds. The number of quaternary nitrogens is 1. The molecule has 3 N–H and O–H groups in total. The maximum absolute atomic E-state index is 12.6. The zero-order chi connectivity index (χ0) is 19.4. The van der Waals surface area contributed by atoms with Gasteiger partial charge in [0.2, 0.25) is 0 Å². The number of nitrogens with one attached hydrogen (secondary N) is 3. The number of nitro benzene ring substituents is 1. The number of H-pyrrole nitrogens is 1. The third kappa shape index (κ3) is 4.40. The molecule has 27 heavy (non-hydrogen) atoms. The standard InChI is InChI=1S/C19H23N5O3/c1-14-13-16(24(26)27)6-7-17(14)21-19(25)15(2)22-9-11-23(12-10-22)18-5-3-4-8-20-18/h3-8,13,15H,9-12H2,1-2H3,(H,21,25)/p+2/t15-/m1/s1. The van der Waals surface area contributed by atoms with Crippen LogP contribution in [0.25, 0.3) is 0 Å². The minimum absolute atomic E-state index is 0.0259. The summed E-state index contributed by atoms with van der Waals surface area (Å²) >= 11 is 0. The average Bonchev–Trinajstić information content (AvgIpc) is 2.69. The molecule has 8 nitrogen and oxygen atoms in total. The van der Waals surface area contributed by atoms with Crippen molar-refractivity contribution in [3.8, 4) is 0 Å². The Balaban J connectivity index is 1.57. The minimum atomic E-state index is -0.435. The highest BCUT2D eigenvalue weighted by molar-refractivity contribution is 5.94. The number of pyridine rings is 1. The molecule has 142 valence electrons. The van der Waals surface area contributed by atoms with Gasteiger partial charge in [0.05, 0.1) is 11.1 Å². The van der Waals surface area contributed by atoms with E-state index in [1.807, 2.05) is 25.3 Å². The molecule has 1 aliphatic heterocycles. The van der Waals surface area contributed by atoms with Crippen LogP contribution in [0.2, 0.25) is 0 Å². The highest BCUT2D eigenvalue weighted by Gasteiger charge is 2.32. The van der Waals surface area contributed by atoms with Crippen LogP contribution in [-0.2, 0) is 4.79 Å². The number of amides is 1. The molecule has 1 aromatic carbocycles. The number of nitrogens with zero attached hydrogens (tertiary/aromatic N) is 2. The summed E-state index contributed by atoms with van der Waals surface area (Å²) < 4.78 is 0. The third-order valence-electron chi connectivity index (χ3n) is 5.12. The summed E-state index contributed by atoms with van der Waals surface area (Å²) in [7, 11) is 0. The van der Waals surface area contributed by atoms with Crippen molar-refractivity contribution in [2.75, 3.05) is 36.4 Å². The minimum Gasteiger partial charge on any atom is -0.321 e. The lowest BCUT2D eigenvalue weighted by molar-refractivity contribution is -0.914. The Morgan fingerprint density at radius 1 is 1.30 bits per heavy atom. The molecule has 1 aliphatic rings. The molecular formula is C19H25N5O3+2. The van der Waals surface area contributed by atoms with Crippen molar-refractivity contribution >= 4 is 23.1 Å². The van der Waals surface area contributed by atoms with Gasteiger partial charge in [-0.2, -0.15) is 0 Å². The molecule has 0 spiro atoms. The van der Waals surface area contributed by atoms with E-state index in [1.165, 1.54) is 17.0 Å². The SMILES string of the molecule is Cc1cc([N+](=O)[O-])ccc1NC(=O)[C@@H](C)[NH+]1CCN(c2cccc[nH+]2)CC1. The summed E-state index contributed by atoms with van der Waals surface area (Å²) in [5, 5.41) is 13.8. The van der Waals surface area contributed by atoms with Crippen molar-refractivity contribution in [3.05, 3.63) is 58.3 Å². The van der Waals surface area contributed by atoms with Gasteiger partial charge in [-0.15, -0.1) is 0 Å². The van der Waals surface area contributed by atoms with Gasteiger partial charge in [-0.25, -0.2) is 4.98 Å². The summed E-state index contributed by atoms with van der Waals surface area (Å²) in [6.07, 6.45) is 1.91. The number of non-ortho nitro benzene ring substituents is 1. The smallest absolute Gasteiger partial charge is 0.282 e. The molecule has 0 aliphatic carbocycles. The highest BCUT2D eigenvalue weighted by Crippen LogP contribution is 2.21. The van der Waals surface area contributed by atoms with E-state index in [0.717, 1.165) is 32.0 Å². The van der Waals surface area contributed by atoms with Gasteiger partial charge in [-0.05, 0) is 31.5 Å². The van der Waals surface area contributed by atoms with E-state index in [9.17, 15) is 14.9 Å². The number of anilines is 2. The molecule has 2 heterocycles. The molecule has 1 aromatic heterocycles. The highest BCUT2D eigenvalue weighted by atomic mass is 16.6.